The van der Waals surface area contributed by atoms with Crippen LogP contribution in [0.25, 0.3) is 0 Å². The number of nitrogens with two attached hydrogens (primary N) is 1. The average Bonchev–Trinajstić information content (AvgIpc) is 2.25. The summed E-state index contributed by atoms with van der Waals surface area (Å²) in [5, 5.41) is 0. The van der Waals surface area contributed by atoms with Gasteiger partial charge >= 0.3 is 0 Å². The van der Waals surface area contributed by atoms with Crippen LogP contribution in [0.3, 0.4) is 0 Å². The molecule has 0 saturated carbocycles. The molecule has 0 radical (unpaired) electrons. The Morgan fingerprint density at radius 2 is 1.75 bits per heavy atom. The first kappa shape index (κ1) is 13.0. The van der Waals surface area contributed by atoms with Crippen LogP contribution in [-0.2, 0) is 5.41 Å². The van der Waals surface area contributed by atoms with Crippen LogP contribution in [0.1, 0.15) is 39.7 Å². The highest BCUT2D eigenvalue weighted by molar-refractivity contribution is 5.31. The molecule has 0 fully saturated rings. The third-order valence-corrected chi connectivity index (χ3v) is 2.71. The Labute approximate surface area is 98.8 Å². The summed E-state index contributed by atoms with van der Waals surface area (Å²) < 4.78 is 5.60. The molecule has 16 heavy (non-hydrogen) atoms. The van der Waals surface area contributed by atoms with Crippen LogP contribution in [0, 0.1) is 0 Å². The second-order valence-electron chi connectivity index (χ2n) is 5.25. The maximum absolute atomic E-state index is 5.79. The van der Waals surface area contributed by atoms with E-state index in [4.69, 9.17) is 10.5 Å². The molecule has 2 nitrogen and oxygen atoms in total. The monoisotopic (exact) mass is 221 g/mol. The lowest BCUT2D eigenvalue weighted by Crippen LogP contribution is -2.26. The Kier molecular flexibility index (Phi) is 4.36. The topological polar surface area (TPSA) is 35.2 Å². The normalized spacial score (nSPS) is 13.6. The first-order valence-electron chi connectivity index (χ1n) is 5.92. The maximum Gasteiger partial charge on any atom is 0.119 e. The molecule has 2 heteroatoms. The van der Waals surface area contributed by atoms with Crippen LogP contribution in [0.2, 0.25) is 0 Å². The van der Waals surface area contributed by atoms with Crippen LogP contribution < -0.4 is 10.5 Å². The molecule has 1 unspecified atom stereocenters. The van der Waals surface area contributed by atoms with Gasteiger partial charge < -0.3 is 10.5 Å². The van der Waals surface area contributed by atoms with E-state index in [1.807, 2.05) is 12.1 Å². The number of benzene rings is 1. The third kappa shape index (κ3) is 3.86. The maximum atomic E-state index is 5.79. The highest BCUT2D eigenvalue weighted by Crippen LogP contribution is 2.24. The molecule has 90 valence electrons. The number of rotatable bonds is 4. The molecule has 1 aromatic rings. The summed E-state index contributed by atoms with van der Waals surface area (Å²) in [6.07, 6.45) is 0.945. The van der Waals surface area contributed by atoms with Gasteiger partial charge in [-0.2, -0.15) is 0 Å². The van der Waals surface area contributed by atoms with Crippen molar-refractivity contribution in [3.63, 3.8) is 0 Å². The Morgan fingerprint density at radius 3 is 2.19 bits per heavy atom. The molecule has 1 atom stereocenters. The zero-order valence-corrected chi connectivity index (χ0v) is 10.8. The first-order chi connectivity index (χ1) is 7.43. The second-order valence-corrected chi connectivity index (χ2v) is 5.25. The molecular formula is C14H23NO. The lowest BCUT2D eigenvalue weighted by atomic mass is 9.87. The van der Waals surface area contributed by atoms with Gasteiger partial charge in [0.1, 0.15) is 12.4 Å². The van der Waals surface area contributed by atoms with Gasteiger partial charge in [0.05, 0.1) is 0 Å². The van der Waals surface area contributed by atoms with Crippen molar-refractivity contribution in [3.05, 3.63) is 29.8 Å². The van der Waals surface area contributed by atoms with Crippen LogP contribution >= 0.6 is 0 Å². The van der Waals surface area contributed by atoms with Gasteiger partial charge in [0.25, 0.3) is 0 Å². The number of hydrogen-bond donors (Lipinski definition) is 1. The molecular weight excluding hydrogens is 198 g/mol. The van der Waals surface area contributed by atoms with Crippen LogP contribution in [0.15, 0.2) is 24.3 Å². The summed E-state index contributed by atoms with van der Waals surface area (Å²) >= 11 is 0. The van der Waals surface area contributed by atoms with E-state index in [0.29, 0.717) is 6.61 Å². The largest absolute Gasteiger partial charge is 0.492 e. The minimum absolute atomic E-state index is 0.127. The van der Waals surface area contributed by atoms with Gasteiger partial charge in [-0.05, 0) is 29.5 Å². The van der Waals surface area contributed by atoms with Crippen molar-refractivity contribution < 1.29 is 4.74 Å². The first-order valence-corrected chi connectivity index (χ1v) is 5.92. The number of hydrogen-bond acceptors (Lipinski definition) is 2. The SMILES string of the molecule is CCC(N)COc1ccc(C(C)(C)C)cc1. The second kappa shape index (κ2) is 5.35. The van der Waals surface area contributed by atoms with Gasteiger partial charge in [-0.25, -0.2) is 0 Å². The van der Waals surface area contributed by atoms with Gasteiger partial charge in [0, 0.05) is 6.04 Å². The molecule has 1 aromatic carbocycles. The van der Waals surface area contributed by atoms with Crippen molar-refractivity contribution in [3.8, 4) is 5.75 Å². The molecule has 0 saturated heterocycles. The van der Waals surface area contributed by atoms with Crippen molar-refractivity contribution in [2.75, 3.05) is 6.61 Å². The van der Waals surface area contributed by atoms with Crippen LogP contribution in [-0.4, -0.2) is 12.6 Å². The molecule has 0 aliphatic rings. The van der Waals surface area contributed by atoms with E-state index in [-0.39, 0.29) is 11.5 Å². The highest BCUT2D eigenvalue weighted by atomic mass is 16.5. The van der Waals surface area contributed by atoms with Gasteiger partial charge in [0.2, 0.25) is 0 Å². The van der Waals surface area contributed by atoms with Crippen molar-refractivity contribution in [2.45, 2.75) is 45.6 Å². The van der Waals surface area contributed by atoms with Crippen molar-refractivity contribution in [1.29, 1.82) is 0 Å². The molecule has 0 aliphatic heterocycles. The van der Waals surface area contributed by atoms with E-state index in [9.17, 15) is 0 Å². The molecule has 0 bridgehead atoms. The molecule has 0 aromatic heterocycles. The van der Waals surface area contributed by atoms with E-state index in [2.05, 4.69) is 39.8 Å². The molecule has 0 spiro atoms. The lowest BCUT2D eigenvalue weighted by molar-refractivity contribution is 0.285. The predicted molar refractivity (Wildman–Crippen MR) is 68.9 cm³/mol. The van der Waals surface area contributed by atoms with Crippen LogP contribution in [0.4, 0.5) is 0 Å². The van der Waals surface area contributed by atoms with Crippen molar-refractivity contribution in [1.82, 2.24) is 0 Å². The van der Waals surface area contributed by atoms with Gasteiger partial charge in [-0.1, -0.05) is 39.8 Å². The minimum atomic E-state index is 0.127. The van der Waals surface area contributed by atoms with Gasteiger partial charge in [-0.15, -0.1) is 0 Å². The summed E-state index contributed by atoms with van der Waals surface area (Å²) in [7, 11) is 0. The van der Waals surface area contributed by atoms with E-state index in [0.717, 1.165) is 12.2 Å². The average molecular weight is 221 g/mol. The summed E-state index contributed by atoms with van der Waals surface area (Å²) in [5.41, 5.74) is 7.31. The van der Waals surface area contributed by atoms with Gasteiger partial charge in [0.15, 0.2) is 0 Å². The lowest BCUT2D eigenvalue weighted by Gasteiger charge is -2.19. The molecule has 0 amide bonds. The Morgan fingerprint density at radius 1 is 1.19 bits per heavy atom. The van der Waals surface area contributed by atoms with E-state index in [1.54, 1.807) is 0 Å². The summed E-state index contributed by atoms with van der Waals surface area (Å²) in [6, 6.07) is 8.40. The predicted octanol–water partition coefficient (Wildman–Crippen LogP) is 3.10. The third-order valence-electron chi connectivity index (χ3n) is 2.71. The summed E-state index contributed by atoms with van der Waals surface area (Å²) in [5.74, 6) is 0.900. The van der Waals surface area contributed by atoms with Crippen molar-refractivity contribution >= 4 is 0 Å². The fourth-order valence-corrected chi connectivity index (χ4v) is 1.37. The standard InChI is InChI=1S/C14H23NO/c1-5-12(15)10-16-13-8-6-11(7-9-13)14(2,3)4/h6-9,12H,5,10,15H2,1-4H3. The summed E-state index contributed by atoms with van der Waals surface area (Å²) in [4.78, 5) is 0. The zero-order valence-electron chi connectivity index (χ0n) is 10.8. The van der Waals surface area contributed by atoms with E-state index >= 15 is 0 Å². The Hall–Kier alpha value is -1.02. The van der Waals surface area contributed by atoms with Crippen molar-refractivity contribution in [2.24, 2.45) is 5.73 Å². The molecule has 1 rings (SSSR count). The fourth-order valence-electron chi connectivity index (χ4n) is 1.37. The Balaban J connectivity index is 2.58. The molecule has 2 N–H and O–H groups in total. The summed E-state index contributed by atoms with van der Waals surface area (Å²) in [6.45, 7) is 9.27. The van der Waals surface area contributed by atoms with Gasteiger partial charge in [-0.3, -0.25) is 0 Å². The number of ether oxygens (including phenoxy) is 1. The fraction of sp³-hybridized carbons (Fsp3) is 0.571. The van der Waals surface area contributed by atoms with E-state index < -0.39 is 0 Å². The quantitative estimate of drug-likeness (QED) is 0.848. The smallest absolute Gasteiger partial charge is 0.119 e. The molecule has 0 heterocycles. The zero-order chi connectivity index (χ0) is 12.2. The van der Waals surface area contributed by atoms with E-state index in [1.165, 1.54) is 5.56 Å². The molecule has 0 aliphatic carbocycles. The van der Waals surface area contributed by atoms with Crippen LogP contribution in [0.5, 0.6) is 5.75 Å². The Bertz CT molecular complexity index is 311. The highest BCUT2D eigenvalue weighted by Gasteiger charge is 2.12. The minimum Gasteiger partial charge on any atom is -0.492 e.